The van der Waals surface area contributed by atoms with Gasteiger partial charge in [-0.05, 0) is 87.9 Å². The van der Waals surface area contributed by atoms with E-state index in [0.717, 1.165) is 57.3 Å². The van der Waals surface area contributed by atoms with Gasteiger partial charge in [0.1, 0.15) is 6.10 Å². The number of hydrogen-bond acceptors (Lipinski definition) is 3. The third-order valence-corrected chi connectivity index (χ3v) is 7.49. The van der Waals surface area contributed by atoms with Gasteiger partial charge in [-0.1, -0.05) is 25.8 Å². The van der Waals surface area contributed by atoms with Gasteiger partial charge in [-0.25, -0.2) is 0 Å². The van der Waals surface area contributed by atoms with Gasteiger partial charge in [-0.2, -0.15) is 0 Å². The van der Waals surface area contributed by atoms with Crippen LogP contribution in [0.4, 0.5) is 0 Å². The molecule has 0 aromatic carbocycles. The van der Waals surface area contributed by atoms with Crippen LogP contribution in [0.3, 0.4) is 0 Å². The Hall–Kier alpha value is -0.830. The van der Waals surface area contributed by atoms with Gasteiger partial charge in [0.2, 0.25) is 0 Å². The molecule has 0 amide bonds. The van der Waals surface area contributed by atoms with Crippen molar-refractivity contribution >= 4 is 5.97 Å². The number of rotatable bonds is 6. The number of aliphatic hydroxyl groups excluding tert-OH is 1. The minimum Gasteiger partial charge on any atom is -0.462 e. The lowest BCUT2D eigenvalue weighted by molar-refractivity contribution is -0.165. The van der Waals surface area contributed by atoms with Crippen molar-refractivity contribution in [1.82, 2.24) is 0 Å². The average Bonchev–Trinajstić information content (AvgIpc) is 2.67. The van der Waals surface area contributed by atoms with Crippen LogP contribution in [0.5, 0.6) is 0 Å². The summed E-state index contributed by atoms with van der Waals surface area (Å²) in [4.78, 5) is 12.3. The van der Waals surface area contributed by atoms with E-state index in [-0.39, 0.29) is 24.1 Å². The second-order valence-electron chi connectivity index (χ2n) is 9.30. The average molecular weight is 363 g/mol. The van der Waals surface area contributed by atoms with Gasteiger partial charge in [-0.3, -0.25) is 4.79 Å². The first-order chi connectivity index (χ1) is 12.6. The fraction of sp³-hybridized carbons (Fsp3) is 0.870. The van der Waals surface area contributed by atoms with Gasteiger partial charge in [0, 0.05) is 0 Å². The molecule has 148 valence electrons. The molecule has 0 radical (unpaired) electrons. The van der Waals surface area contributed by atoms with E-state index < -0.39 is 0 Å². The minimum atomic E-state index is -0.111. The van der Waals surface area contributed by atoms with Crippen molar-refractivity contribution in [1.29, 1.82) is 0 Å². The monoisotopic (exact) mass is 362 g/mol. The standard InChI is InChI=1S/C23H38O3/c1-3-4-5-20-14-15-21(26-23(20)25)17-10-12-19(13-11-17)22(24)18-8-6-16(2)7-9-18/h3,16-22,24H,1,4-15H2,2H3. The fourth-order valence-electron chi connectivity index (χ4n) is 5.57. The lowest BCUT2D eigenvalue weighted by Crippen LogP contribution is -2.39. The Labute approximate surface area is 159 Å². The van der Waals surface area contributed by atoms with E-state index in [9.17, 15) is 9.90 Å². The van der Waals surface area contributed by atoms with Crippen LogP contribution in [-0.2, 0) is 9.53 Å². The fourth-order valence-corrected chi connectivity index (χ4v) is 5.57. The van der Waals surface area contributed by atoms with Crippen molar-refractivity contribution in [3.05, 3.63) is 12.7 Å². The number of esters is 1. The predicted molar refractivity (Wildman–Crippen MR) is 105 cm³/mol. The lowest BCUT2D eigenvalue weighted by atomic mass is 9.70. The maximum atomic E-state index is 12.3. The van der Waals surface area contributed by atoms with Gasteiger partial charge in [0.15, 0.2) is 0 Å². The van der Waals surface area contributed by atoms with Crippen molar-refractivity contribution in [3.63, 3.8) is 0 Å². The molecule has 2 saturated carbocycles. The van der Waals surface area contributed by atoms with E-state index >= 15 is 0 Å². The maximum absolute atomic E-state index is 12.3. The summed E-state index contributed by atoms with van der Waals surface area (Å²) >= 11 is 0. The van der Waals surface area contributed by atoms with Gasteiger partial charge in [0.25, 0.3) is 0 Å². The Morgan fingerprint density at radius 2 is 1.65 bits per heavy atom. The Morgan fingerprint density at radius 1 is 1.04 bits per heavy atom. The number of hydrogen-bond donors (Lipinski definition) is 1. The number of allylic oxidation sites excluding steroid dienone is 1. The second kappa shape index (κ2) is 9.39. The molecule has 3 fully saturated rings. The summed E-state index contributed by atoms with van der Waals surface area (Å²) < 4.78 is 5.82. The van der Waals surface area contributed by atoms with Crippen LogP contribution in [0, 0.1) is 29.6 Å². The van der Waals surface area contributed by atoms with Gasteiger partial charge in [-0.15, -0.1) is 6.58 Å². The van der Waals surface area contributed by atoms with E-state index in [1.807, 2.05) is 6.08 Å². The topological polar surface area (TPSA) is 46.5 Å². The van der Waals surface area contributed by atoms with Crippen LogP contribution in [0.1, 0.15) is 84.0 Å². The summed E-state index contributed by atoms with van der Waals surface area (Å²) in [7, 11) is 0. The lowest BCUT2D eigenvalue weighted by Gasteiger charge is -2.40. The molecule has 0 aromatic rings. The highest BCUT2D eigenvalue weighted by molar-refractivity contribution is 5.73. The second-order valence-corrected chi connectivity index (χ2v) is 9.30. The molecule has 1 aliphatic heterocycles. The summed E-state index contributed by atoms with van der Waals surface area (Å²) in [5, 5.41) is 10.8. The summed E-state index contributed by atoms with van der Waals surface area (Å²) in [6.07, 6.45) is 15.1. The largest absolute Gasteiger partial charge is 0.462 e. The number of cyclic esters (lactones) is 1. The predicted octanol–water partition coefficient (Wildman–Crippen LogP) is 5.27. The molecular formula is C23H38O3. The zero-order chi connectivity index (χ0) is 18.5. The molecule has 3 unspecified atom stereocenters. The smallest absolute Gasteiger partial charge is 0.309 e. The highest BCUT2D eigenvalue weighted by Gasteiger charge is 2.38. The summed E-state index contributed by atoms with van der Waals surface area (Å²) in [6, 6.07) is 0. The summed E-state index contributed by atoms with van der Waals surface area (Å²) in [5.41, 5.74) is 0. The molecule has 1 N–H and O–H groups in total. The maximum Gasteiger partial charge on any atom is 0.309 e. The molecule has 0 spiro atoms. The molecule has 3 atom stereocenters. The van der Waals surface area contributed by atoms with E-state index in [2.05, 4.69) is 13.5 Å². The molecule has 1 heterocycles. The van der Waals surface area contributed by atoms with Crippen LogP contribution in [-0.4, -0.2) is 23.3 Å². The van der Waals surface area contributed by atoms with E-state index in [4.69, 9.17) is 4.74 Å². The molecule has 2 aliphatic carbocycles. The number of carbonyl (C=O) groups is 1. The van der Waals surface area contributed by atoms with E-state index in [0.29, 0.717) is 17.8 Å². The van der Waals surface area contributed by atoms with Crippen molar-refractivity contribution in [2.75, 3.05) is 0 Å². The highest BCUT2D eigenvalue weighted by Crippen LogP contribution is 2.41. The normalized spacial score (nSPS) is 39.8. The van der Waals surface area contributed by atoms with Gasteiger partial charge < -0.3 is 9.84 Å². The first-order valence-corrected chi connectivity index (χ1v) is 11.1. The van der Waals surface area contributed by atoms with Crippen LogP contribution in [0.15, 0.2) is 12.7 Å². The molecule has 1 saturated heterocycles. The van der Waals surface area contributed by atoms with Crippen LogP contribution in [0.2, 0.25) is 0 Å². The van der Waals surface area contributed by atoms with Crippen molar-refractivity contribution in [2.24, 2.45) is 29.6 Å². The molecule has 3 aliphatic rings. The van der Waals surface area contributed by atoms with Crippen LogP contribution in [0.25, 0.3) is 0 Å². The first kappa shape index (κ1) is 19.9. The SMILES string of the molecule is C=CCCC1CCC(C2CCC(C(O)C3CCC(C)CC3)CC2)OC1=O. The molecule has 3 rings (SSSR count). The highest BCUT2D eigenvalue weighted by atomic mass is 16.5. The number of aliphatic hydroxyl groups is 1. The third-order valence-electron chi connectivity index (χ3n) is 7.49. The van der Waals surface area contributed by atoms with Crippen LogP contribution >= 0.6 is 0 Å². The molecule has 0 aromatic heterocycles. The molecule has 3 heteroatoms. The van der Waals surface area contributed by atoms with Gasteiger partial charge >= 0.3 is 5.97 Å². The molecule has 3 nitrogen and oxygen atoms in total. The first-order valence-electron chi connectivity index (χ1n) is 11.1. The number of carbonyl (C=O) groups excluding carboxylic acids is 1. The quantitative estimate of drug-likeness (QED) is 0.517. The van der Waals surface area contributed by atoms with E-state index in [1.165, 1.54) is 25.7 Å². The van der Waals surface area contributed by atoms with Crippen molar-refractivity contribution < 1.29 is 14.6 Å². The Kier molecular flexibility index (Phi) is 7.19. The van der Waals surface area contributed by atoms with Crippen molar-refractivity contribution in [3.8, 4) is 0 Å². The molecule has 0 bridgehead atoms. The minimum absolute atomic E-state index is 0.0154. The molecule has 26 heavy (non-hydrogen) atoms. The Bertz CT molecular complexity index is 458. The zero-order valence-electron chi connectivity index (χ0n) is 16.6. The van der Waals surface area contributed by atoms with Crippen molar-refractivity contribution in [2.45, 2.75) is 96.2 Å². The Morgan fingerprint density at radius 3 is 2.23 bits per heavy atom. The zero-order valence-corrected chi connectivity index (χ0v) is 16.6. The third kappa shape index (κ3) is 4.91. The van der Waals surface area contributed by atoms with Gasteiger partial charge in [0.05, 0.1) is 12.0 Å². The van der Waals surface area contributed by atoms with E-state index in [1.54, 1.807) is 0 Å². The molecular weight excluding hydrogens is 324 g/mol. The Balaban J connectivity index is 1.42. The number of ether oxygens (including phenoxy) is 1. The summed E-state index contributed by atoms with van der Waals surface area (Å²) in [6.45, 7) is 6.08. The van der Waals surface area contributed by atoms with Crippen LogP contribution < -0.4 is 0 Å². The summed E-state index contributed by atoms with van der Waals surface area (Å²) in [5.74, 6) is 2.42.